The third-order valence-electron chi connectivity index (χ3n) is 5.67. The Morgan fingerprint density at radius 1 is 1.17 bits per heavy atom. The molecule has 190 valence electrons. The second-order valence-corrected chi connectivity index (χ2v) is 8.29. The smallest absolute Gasteiger partial charge is 0.471 e. The lowest BCUT2D eigenvalue weighted by Gasteiger charge is -2.34. The van der Waals surface area contributed by atoms with Gasteiger partial charge in [-0.2, -0.15) is 5.10 Å². The summed E-state index contributed by atoms with van der Waals surface area (Å²) < 4.78 is 61.4. The first-order chi connectivity index (χ1) is 17.1. The van der Waals surface area contributed by atoms with Crippen LogP contribution >= 0.6 is 0 Å². The lowest BCUT2D eigenvalue weighted by atomic mass is 10.0. The third kappa shape index (κ3) is 6.18. The molecule has 1 amide bonds. The number of H-pyrrole nitrogens is 1. The second kappa shape index (κ2) is 10.3. The van der Waals surface area contributed by atoms with Gasteiger partial charge in [-0.05, 0) is 30.7 Å². The summed E-state index contributed by atoms with van der Waals surface area (Å²) in [5, 5.41) is 6.55. The van der Waals surface area contributed by atoms with Gasteiger partial charge in [0.15, 0.2) is 12.0 Å². The summed E-state index contributed by atoms with van der Waals surface area (Å²) in [5.74, 6) is -1.04. The number of ketones is 1. The standard InChI is InChI=1S/C24H22F4N4O4/c1-14(33)19-9-16(17-11-30-31-12-17)10-29-23(19)35-21-6-7-32(13-20(21)25)22(34)8-15-2-4-18(5-3-15)36-24(26,27)28/h2-5,9-12,20-21H,6-8,13H2,1H3,(H,30,31)/t20-,21+/m1/s1. The number of piperidine rings is 1. The molecule has 3 aromatic rings. The Hall–Kier alpha value is -3.96. The van der Waals surface area contributed by atoms with E-state index in [0.717, 1.165) is 17.7 Å². The summed E-state index contributed by atoms with van der Waals surface area (Å²) in [6.07, 6.45) is -2.43. The minimum atomic E-state index is -4.80. The van der Waals surface area contributed by atoms with Crippen molar-refractivity contribution in [2.24, 2.45) is 0 Å². The Labute approximate surface area is 203 Å². The lowest BCUT2D eigenvalue weighted by Crippen LogP contribution is -2.49. The van der Waals surface area contributed by atoms with Crippen LogP contribution in [-0.2, 0) is 11.2 Å². The number of hydrogen-bond acceptors (Lipinski definition) is 6. The first kappa shape index (κ1) is 25.1. The molecule has 2 aromatic heterocycles. The molecular weight excluding hydrogens is 484 g/mol. The van der Waals surface area contributed by atoms with Crippen molar-refractivity contribution in [2.75, 3.05) is 13.1 Å². The van der Waals surface area contributed by atoms with Crippen LogP contribution in [0.2, 0.25) is 0 Å². The molecule has 1 fully saturated rings. The van der Waals surface area contributed by atoms with E-state index in [2.05, 4.69) is 19.9 Å². The summed E-state index contributed by atoms with van der Waals surface area (Å²) in [6, 6.07) is 6.54. The van der Waals surface area contributed by atoms with Crippen LogP contribution in [0.3, 0.4) is 0 Å². The highest BCUT2D eigenvalue weighted by molar-refractivity contribution is 5.97. The van der Waals surface area contributed by atoms with Gasteiger partial charge in [-0.1, -0.05) is 12.1 Å². The molecule has 12 heteroatoms. The zero-order valence-electron chi connectivity index (χ0n) is 19.1. The number of nitrogens with one attached hydrogen (secondary N) is 1. The number of benzene rings is 1. The molecule has 1 aliphatic rings. The van der Waals surface area contributed by atoms with E-state index in [4.69, 9.17) is 4.74 Å². The number of rotatable bonds is 7. The van der Waals surface area contributed by atoms with Gasteiger partial charge in [0.25, 0.3) is 0 Å². The van der Waals surface area contributed by atoms with Crippen LogP contribution in [0.1, 0.15) is 29.3 Å². The molecular formula is C24H22F4N4O4. The molecule has 3 heterocycles. The summed E-state index contributed by atoms with van der Waals surface area (Å²) >= 11 is 0. The van der Waals surface area contributed by atoms with Gasteiger partial charge in [0, 0.05) is 36.5 Å². The van der Waals surface area contributed by atoms with Crippen LogP contribution in [0.5, 0.6) is 11.6 Å². The average molecular weight is 506 g/mol. The Morgan fingerprint density at radius 2 is 1.92 bits per heavy atom. The fourth-order valence-electron chi connectivity index (χ4n) is 3.85. The van der Waals surface area contributed by atoms with E-state index in [0.29, 0.717) is 11.1 Å². The van der Waals surface area contributed by atoms with Crippen molar-refractivity contribution >= 4 is 11.7 Å². The van der Waals surface area contributed by atoms with Gasteiger partial charge in [0.1, 0.15) is 11.9 Å². The van der Waals surface area contributed by atoms with E-state index in [1.165, 1.54) is 30.2 Å². The number of Topliss-reactive ketones (excluding diaryl/α,β-unsaturated/α-hetero) is 1. The van der Waals surface area contributed by atoms with Crippen LogP contribution in [0.4, 0.5) is 17.6 Å². The van der Waals surface area contributed by atoms with Crippen molar-refractivity contribution in [2.45, 2.75) is 38.4 Å². The van der Waals surface area contributed by atoms with E-state index in [1.807, 2.05) is 0 Å². The Balaban J connectivity index is 1.36. The highest BCUT2D eigenvalue weighted by Crippen LogP contribution is 2.28. The van der Waals surface area contributed by atoms with Gasteiger partial charge in [-0.3, -0.25) is 14.7 Å². The minimum absolute atomic E-state index is 0.0170. The van der Waals surface area contributed by atoms with Gasteiger partial charge in [-0.25, -0.2) is 9.37 Å². The van der Waals surface area contributed by atoms with E-state index in [-0.39, 0.29) is 49.1 Å². The number of aromatic amines is 1. The summed E-state index contributed by atoms with van der Waals surface area (Å²) in [6.45, 7) is 1.35. The molecule has 1 aromatic carbocycles. The maximum atomic E-state index is 15.0. The van der Waals surface area contributed by atoms with Gasteiger partial charge < -0.3 is 14.4 Å². The van der Waals surface area contributed by atoms with Crippen molar-refractivity contribution in [1.82, 2.24) is 20.1 Å². The van der Waals surface area contributed by atoms with Crippen molar-refractivity contribution in [3.8, 4) is 22.8 Å². The number of pyridine rings is 1. The van der Waals surface area contributed by atoms with Gasteiger partial charge in [-0.15, -0.1) is 13.2 Å². The van der Waals surface area contributed by atoms with E-state index in [1.54, 1.807) is 18.5 Å². The van der Waals surface area contributed by atoms with Crippen molar-refractivity contribution in [1.29, 1.82) is 0 Å². The zero-order valence-corrected chi connectivity index (χ0v) is 19.1. The van der Waals surface area contributed by atoms with Gasteiger partial charge in [0.05, 0.1) is 24.7 Å². The quantitative estimate of drug-likeness (QED) is 0.382. The Kier molecular flexibility index (Phi) is 7.22. The number of amides is 1. The van der Waals surface area contributed by atoms with E-state index >= 15 is 0 Å². The Morgan fingerprint density at radius 3 is 2.53 bits per heavy atom. The maximum Gasteiger partial charge on any atom is 0.573 e. The topological polar surface area (TPSA) is 97.4 Å². The molecule has 0 aliphatic carbocycles. The van der Waals surface area contributed by atoms with E-state index < -0.39 is 24.4 Å². The molecule has 0 saturated carbocycles. The highest BCUT2D eigenvalue weighted by atomic mass is 19.4. The van der Waals surface area contributed by atoms with Crippen LogP contribution in [-0.4, -0.2) is 63.5 Å². The van der Waals surface area contributed by atoms with Crippen LogP contribution < -0.4 is 9.47 Å². The lowest BCUT2D eigenvalue weighted by molar-refractivity contribution is -0.274. The first-order valence-electron chi connectivity index (χ1n) is 11.0. The fourth-order valence-corrected chi connectivity index (χ4v) is 3.85. The molecule has 4 rings (SSSR count). The largest absolute Gasteiger partial charge is 0.573 e. The molecule has 0 bridgehead atoms. The number of hydrogen-bond donors (Lipinski definition) is 1. The number of halogens is 4. The monoisotopic (exact) mass is 506 g/mol. The maximum absolute atomic E-state index is 15.0. The molecule has 0 unspecified atom stereocenters. The Bertz CT molecular complexity index is 1220. The number of likely N-dealkylation sites (tertiary alicyclic amines) is 1. The van der Waals surface area contributed by atoms with Crippen molar-refractivity contribution < 1.29 is 36.6 Å². The van der Waals surface area contributed by atoms with E-state index in [9.17, 15) is 27.2 Å². The number of aromatic nitrogens is 3. The molecule has 1 saturated heterocycles. The number of alkyl halides is 4. The second-order valence-electron chi connectivity index (χ2n) is 8.29. The molecule has 2 atom stereocenters. The summed E-state index contributed by atoms with van der Waals surface area (Å²) in [4.78, 5) is 30.3. The minimum Gasteiger partial charge on any atom is -0.471 e. The number of ether oxygens (including phenoxy) is 2. The molecule has 0 spiro atoms. The average Bonchev–Trinajstić information content (AvgIpc) is 3.36. The number of carbonyl (C=O) groups is 2. The first-order valence-corrected chi connectivity index (χ1v) is 11.0. The number of nitrogens with zero attached hydrogens (tertiary/aromatic N) is 3. The normalized spacial score (nSPS) is 18.1. The van der Waals surface area contributed by atoms with Crippen molar-refractivity contribution in [3.63, 3.8) is 0 Å². The van der Waals surface area contributed by atoms with Crippen molar-refractivity contribution in [3.05, 3.63) is 60.0 Å². The molecule has 1 N–H and O–H groups in total. The fraction of sp³-hybridized carbons (Fsp3) is 0.333. The highest BCUT2D eigenvalue weighted by Gasteiger charge is 2.34. The van der Waals surface area contributed by atoms with Crippen LogP contribution in [0.25, 0.3) is 11.1 Å². The summed E-state index contributed by atoms with van der Waals surface area (Å²) in [5.41, 5.74) is 2.06. The van der Waals surface area contributed by atoms with Crippen LogP contribution in [0.15, 0.2) is 48.9 Å². The van der Waals surface area contributed by atoms with Gasteiger partial charge >= 0.3 is 6.36 Å². The summed E-state index contributed by atoms with van der Waals surface area (Å²) in [7, 11) is 0. The predicted molar refractivity (Wildman–Crippen MR) is 119 cm³/mol. The molecule has 8 nitrogen and oxygen atoms in total. The zero-order chi connectivity index (χ0) is 25.9. The molecule has 1 aliphatic heterocycles. The molecule has 36 heavy (non-hydrogen) atoms. The van der Waals surface area contributed by atoms with Gasteiger partial charge in [0.2, 0.25) is 11.8 Å². The predicted octanol–water partition coefficient (Wildman–Crippen LogP) is 4.13. The SMILES string of the molecule is CC(=O)c1cc(-c2cn[nH]c2)cnc1O[C@H]1CCN(C(=O)Cc2ccc(OC(F)(F)F)cc2)C[C@H]1F. The number of carbonyl (C=O) groups excluding carboxylic acids is 2. The third-order valence-corrected chi connectivity index (χ3v) is 5.67. The molecule has 0 radical (unpaired) electrons. The van der Waals surface area contributed by atoms with Crippen LogP contribution in [0, 0.1) is 0 Å².